The van der Waals surface area contributed by atoms with Crippen molar-refractivity contribution in [3.05, 3.63) is 35.3 Å². The minimum Gasteiger partial charge on any atom is -0.618 e. The number of rotatable bonds is 2. The van der Waals surface area contributed by atoms with Gasteiger partial charge in [0.1, 0.15) is 6.04 Å². The van der Waals surface area contributed by atoms with Crippen LogP contribution in [0, 0.1) is 11.1 Å². The van der Waals surface area contributed by atoms with Crippen LogP contribution >= 0.6 is 0 Å². The summed E-state index contributed by atoms with van der Waals surface area (Å²) in [5, 5.41) is 11.9. The lowest BCUT2D eigenvalue weighted by Crippen LogP contribution is -2.50. The van der Waals surface area contributed by atoms with Crippen LogP contribution in [0.1, 0.15) is 42.6 Å². The van der Waals surface area contributed by atoms with Crippen molar-refractivity contribution in [2.45, 2.75) is 44.2 Å². The maximum Gasteiger partial charge on any atom is 0.328 e. The molecule has 1 aliphatic carbocycles. The second kappa shape index (κ2) is 5.94. The molecule has 6 heteroatoms. The molecular formula is C16H20N2O4. The Hall–Kier alpha value is -2.11. The molecule has 118 valence electrons. The Kier molecular flexibility index (Phi) is 4.00. The molecule has 0 aromatic carbocycles. The van der Waals surface area contributed by atoms with Crippen molar-refractivity contribution in [3.63, 3.8) is 0 Å². The molecule has 1 aromatic heterocycles. The zero-order valence-corrected chi connectivity index (χ0v) is 12.6. The molecule has 0 radical (unpaired) electrons. The van der Waals surface area contributed by atoms with Crippen LogP contribution in [0.3, 0.4) is 0 Å². The van der Waals surface area contributed by atoms with Crippen LogP contribution < -0.4 is 4.73 Å². The summed E-state index contributed by atoms with van der Waals surface area (Å²) in [4.78, 5) is 26.5. The highest BCUT2D eigenvalue weighted by molar-refractivity contribution is 5.95. The Morgan fingerprint density at radius 2 is 2.09 bits per heavy atom. The number of carbonyl (C=O) groups excluding carboxylic acids is 2. The zero-order valence-electron chi connectivity index (χ0n) is 12.6. The van der Waals surface area contributed by atoms with Crippen LogP contribution in [0.25, 0.3) is 0 Å². The first-order valence-electron chi connectivity index (χ1n) is 7.72. The van der Waals surface area contributed by atoms with Crippen molar-refractivity contribution >= 4 is 11.9 Å². The SMILES string of the molecule is COC(=O)C1CC2CCCCC2N1C(=O)c1cccc[n+]1[O-]. The molecule has 0 bridgehead atoms. The number of aromatic nitrogens is 1. The molecule has 6 nitrogen and oxygen atoms in total. The van der Waals surface area contributed by atoms with Crippen LogP contribution in [0.15, 0.2) is 24.4 Å². The van der Waals surface area contributed by atoms with Gasteiger partial charge in [-0.05, 0) is 31.2 Å². The van der Waals surface area contributed by atoms with Gasteiger partial charge in [-0.1, -0.05) is 12.8 Å². The topological polar surface area (TPSA) is 73.5 Å². The molecule has 1 saturated heterocycles. The van der Waals surface area contributed by atoms with Gasteiger partial charge in [-0.25, -0.2) is 4.79 Å². The van der Waals surface area contributed by atoms with E-state index in [2.05, 4.69) is 0 Å². The zero-order chi connectivity index (χ0) is 15.7. The van der Waals surface area contributed by atoms with E-state index in [0.717, 1.165) is 25.7 Å². The highest BCUT2D eigenvalue weighted by Gasteiger charge is 2.49. The van der Waals surface area contributed by atoms with E-state index in [-0.39, 0.29) is 17.6 Å². The number of hydrogen-bond donors (Lipinski definition) is 0. The fraction of sp³-hybridized carbons (Fsp3) is 0.562. The Bertz CT molecular complexity index is 589. The minimum absolute atomic E-state index is 0.0329. The lowest BCUT2D eigenvalue weighted by Gasteiger charge is -2.32. The summed E-state index contributed by atoms with van der Waals surface area (Å²) in [5.41, 5.74) is 0.0580. The molecule has 22 heavy (non-hydrogen) atoms. The van der Waals surface area contributed by atoms with Gasteiger partial charge < -0.3 is 14.8 Å². The molecule has 0 N–H and O–H groups in total. The van der Waals surface area contributed by atoms with Crippen molar-refractivity contribution in [3.8, 4) is 0 Å². The van der Waals surface area contributed by atoms with Crippen molar-refractivity contribution < 1.29 is 19.1 Å². The van der Waals surface area contributed by atoms with Gasteiger partial charge in [0, 0.05) is 18.2 Å². The van der Waals surface area contributed by atoms with Crippen LogP contribution in [-0.2, 0) is 9.53 Å². The van der Waals surface area contributed by atoms with Gasteiger partial charge in [0.15, 0.2) is 6.20 Å². The summed E-state index contributed by atoms with van der Waals surface area (Å²) < 4.78 is 5.43. The molecule has 0 spiro atoms. The van der Waals surface area contributed by atoms with Crippen molar-refractivity contribution in [1.29, 1.82) is 0 Å². The molecule has 3 unspecified atom stereocenters. The van der Waals surface area contributed by atoms with E-state index >= 15 is 0 Å². The molecule has 3 atom stereocenters. The monoisotopic (exact) mass is 304 g/mol. The summed E-state index contributed by atoms with van der Waals surface area (Å²) in [6.45, 7) is 0. The van der Waals surface area contributed by atoms with Gasteiger partial charge in [-0.15, -0.1) is 0 Å². The van der Waals surface area contributed by atoms with E-state index in [1.165, 1.54) is 19.4 Å². The average Bonchev–Trinajstić information content (AvgIpc) is 2.93. The number of pyridine rings is 1. The lowest BCUT2D eigenvalue weighted by molar-refractivity contribution is -0.608. The summed E-state index contributed by atoms with van der Waals surface area (Å²) in [6.07, 6.45) is 6.02. The van der Waals surface area contributed by atoms with Crippen molar-refractivity contribution in [2.75, 3.05) is 7.11 Å². The number of ether oxygens (including phenoxy) is 1. The first-order valence-corrected chi connectivity index (χ1v) is 7.72. The molecule has 1 aromatic rings. The number of carbonyl (C=O) groups is 2. The van der Waals surface area contributed by atoms with Crippen molar-refractivity contribution in [2.24, 2.45) is 5.92 Å². The lowest BCUT2D eigenvalue weighted by atomic mass is 9.84. The minimum atomic E-state index is -0.578. The molecule has 1 amide bonds. The van der Waals surface area contributed by atoms with Gasteiger partial charge in [-0.3, -0.25) is 4.79 Å². The maximum atomic E-state index is 12.9. The predicted octanol–water partition coefficient (Wildman–Crippen LogP) is 1.27. The number of likely N-dealkylation sites (tertiary alicyclic amines) is 1. The Balaban J connectivity index is 1.95. The first-order chi connectivity index (χ1) is 10.6. The Morgan fingerprint density at radius 3 is 2.82 bits per heavy atom. The van der Waals surface area contributed by atoms with E-state index in [1.807, 2.05) is 0 Å². The summed E-state index contributed by atoms with van der Waals surface area (Å²) in [7, 11) is 1.34. The number of methoxy groups -OCH3 is 1. The van der Waals surface area contributed by atoms with Crippen LogP contribution in [0.4, 0.5) is 0 Å². The maximum absolute atomic E-state index is 12.9. The highest BCUT2D eigenvalue weighted by atomic mass is 16.5. The molecule has 2 fully saturated rings. The molecule has 3 rings (SSSR count). The molecule has 1 aliphatic heterocycles. The molecule has 2 aliphatic rings. The van der Waals surface area contributed by atoms with E-state index < -0.39 is 12.0 Å². The van der Waals surface area contributed by atoms with Gasteiger partial charge >= 0.3 is 11.9 Å². The summed E-state index contributed by atoms with van der Waals surface area (Å²) >= 11 is 0. The van der Waals surface area contributed by atoms with E-state index in [4.69, 9.17) is 4.74 Å². The standard InChI is InChI=1S/C16H20N2O4/c1-22-16(20)14-10-11-6-2-3-7-12(11)18(14)15(19)13-8-4-5-9-17(13)21/h4-5,8-9,11-12,14H,2-3,6-7,10H2,1H3. The second-order valence-electron chi connectivity index (χ2n) is 6.01. The van der Waals surface area contributed by atoms with Gasteiger partial charge in [0.05, 0.1) is 7.11 Å². The van der Waals surface area contributed by atoms with Crippen LogP contribution in [0.5, 0.6) is 0 Å². The largest absolute Gasteiger partial charge is 0.618 e. The summed E-state index contributed by atoms with van der Waals surface area (Å²) in [5.74, 6) is -0.442. The van der Waals surface area contributed by atoms with E-state index in [1.54, 1.807) is 17.0 Å². The Labute approximate surface area is 129 Å². The van der Waals surface area contributed by atoms with Crippen molar-refractivity contribution in [1.82, 2.24) is 4.90 Å². The van der Waals surface area contributed by atoms with Gasteiger partial charge in [0.2, 0.25) is 0 Å². The van der Waals surface area contributed by atoms with Gasteiger partial charge in [0.25, 0.3) is 5.69 Å². The van der Waals surface area contributed by atoms with Crippen LogP contribution in [0.2, 0.25) is 0 Å². The van der Waals surface area contributed by atoms with Crippen LogP contribution in [-0.4, -0.2) is 36.0 Å². The fourth-order valence-electron chi connectivity index (χ4n) is 3.82. The smallest absolute Gasteiger partial charge is 0.328 e. The third kappa shape index (κ3) is 2.42. The number of amides is 1. The highest BCUT2D eigenvalue weighted by Crippen LogP contribution is 2.40. The van der Waals surface area contributed by atoms with E-state index in [0.29, 0.717) is 17.1 Å². The third-order valence-corrected chi connectivity index (χ3v) is 4.84. The number of fused-ring (bicyclic) bond motifs is 1. The number of nitrogens with zero attached hydrogens (tertiary/aromatic N) is 2. The number of esters is 1. The molecular weight excluding hydrogens is 284 g/mol. The third-order valence-electron chi connectivity index (χ3n) is 4.84. The predicted molar refractivity (Wildman–Crippen MR) is 77.7 cm³/mol. The van der Waals surface area contributed by atoms with E-state index in [9.17, 15) is 14.8 Å². The second-order valence-corrected chi connectivity index (χ2v) is 6.01. The fourth-order valence-corrected chi connectivity index (χ4v) is 3.82. The quantitative estimate of drug-likeness (QED) is 0.468. The summed E-state index contributed by atoms with van der Waals surface area (Å²) in [6, 6.07) is 4.19. The number of hydrogen-bond acceptors (Lipinski definition) is 4. The Morgan fingerprint density at radius 1 is 1.32 bits per heavy atom. The van der Waals surface area contributed by atoms with Gasteiger partial charge in [-0.2, -0.15) is 4.73 Å². The first kappa shape index (κ1) is 14.8. The normalized spacial score (nSPS) is 27.3. The average molecular weight is 304 g/mol. The molecule has 2 heterocycles. The molecule has 1 saturated carbocycles.